The number of aromatic nitrogens is 1. The van der Waals surface area contributed by atoms with E-state index in [1.807, 2.05) is 29.2 Å². The molecule has 24 heavy (non-hydrogen) atoms. The summed E-state index contributed by atoms with van der Waals surface area (Å²) >= 11 is 6.50. The Balaban J connectivity index is 1.64. The standard InChI is InChI=1S/C19H26ClN3O/c1-19(2,3)23-11-13(9-17(23)24)10-22(4)12-16-18(20)14-7-5-6-8-15(14)21-16/h5-8,13,21H,9-12H2,1-4H3. The van der Waals surface area contributed by atoms with Gasteiger partial charge in [0.25, 0.3) is 0 Å². The highest BCUT2D eigenvalue weighted by molar-refractivity contribution is 6.36. The van der Waals surface area contributed by atoms with Crippen LogP contribution in [0, 0.1) is 5.92 Å². The molecule has 3 rings (SSSR count). The zero-order valence-corrected chi connectivity index (χ0v) is 15.7. The van der Waals surface area contributed by atoms with Gasteiger partial charge in [-0.2, -0.15) is 0 Å². The molecule has 1 aromatic heterocycles. The molecule has 1 fully saturated rings. The summed E-state index contributed by atoms with van der Waals surface area (Å²) in [6.07, 6.45) is 0.641. The minimum atomic E-state index is -0.0924. The minimum Gasteiger partial charge on any atom is -0.356 e. The number of hydrogen-bond donors (Lipinski definition) is 1. The van der Waals surface area contributed by atoms with Crippen LogP contribution >= 0.6 is 11.6 Å². The van der Waals surface area contributed by atoms with Gasteiger partial charge in [0.2, 0.25) is 5.91 Å². The molecular weight excluding hydrogens is 322 g/mol. The number of likely N-dealkylation sites (tertiary alicyclic amines) is 1. The van der Waals surface area contributed by atoms with E-state index in [9.17, 15) is 4.79 Å². The van der Waals surface area contributed by atoms with Gasteiger partial charge in [-0.25, -0.2) is 0 Å². The topological polar surface area (TPSA) is 39.3 Å². The van der Waals surface area contributed by atoms with Crippen molar-refractivity contribution >= 4 is 28.4 Å². The lowest BCUT2D eigenvalue weighted by Crippen LogP contribution is -2.42. The van der Waals surface area contributed by atoms with Crippen molar-refractivity contribution in [3.8, 4) is 0 Å². The van der Waals surface area contributed by atoms with Gasteiger partial charge in [0, 0.05) is 48.2 Å². The first kappa shape index (κ1) is 17.3. The summed E-state index contributed by atoms with van der Waals surface area (Å²) in [5.41, 5.74) is 2.02. The Bertz CT molecular complexity index is 747. The molecule has 0 aliphatic carbocycles. The van der Waals surface area contributed by atoms with Gasteiger partial charge in [-0.15, -0.1) is 0 Å². The molecule has 0 saturated carbocycles. The van der Waals surface area contributed by atoms with Gasteiger partial charge in [-0.3, -0.25) is 4.79 Å². The quantitative estimate of drug-likeness (QED) is 0.911. The number of nitrogens with zero attached hydrogens (tertiary/aromatic N) is 2. The predicted octanol–water partition coefficient (Wildman–Crippen LogP) is 3.90. The van der Waals surface area contributed by atoms with Crippen molar-refractivity contribution < 1.29 is 4.79 Å². The Kier molecular flexibility index (Phi) is 4.63. The SMILES string of the molecule is CN(Cc1[nH]c2ccccc2c1Cl)CC1CC(=O)N(C(C)(C)C)C1. The van der Waals surface area contributed by atoms with Crippen LogP contribution in [-0.4, -0.2) is 46.4 Å². The fourth-order valence-electron chi connectivity index (χ4n) is 3.60. The normalized spacial score (nSPS) is 19.0. The van der Waals surface area contributed by atoms with Crippen molar-refractivity contribution in [1.82, 2.24) is 14.8 Å². The Morgan fingerprint density at radius 1 is 1.33 bits per heavy atom. The van der Waals surface area contributed by atoms with Gasteiger partial charge >= 0.3 is 0 Å². The molecule has 130 valence electrons. The van der Waals surface area contributed by atoms with Crippen molar-refractivity contribution in [2.45, 2.75) is 39.3 Å². The molecule has 2 heterocycles. The molecule has 1 N–H and O–H groups in total. The molecule has 5 heteroatoms. The molecule has 0 bridgehead atoms. The Morgan fingerprint density at radius 2 is 2.04 bits per heavy atom. The van der Waals surface area contributed by atoms with Crippen LogP contribution < -0.4 is 0 Å². The van der Waals surface area contributed by atoms with E-state index in [0.717, 1.165) is 41.3 Å². The van der Waals surface area contributed by atoms with E-state index >= 15 is 0 Å². The van der Waals surface area contributed by atoms with Crippen molar-refractivity contribution in [2.24, 2.45) is 5.92 Å². The van der Waals surface area contributed by atoms with E-state index in [-0.39, 0.29) is 11.4 Å². The molecule has 1 atom stereocenters. The first-order valence-corrected chi connectivity index (χ1v) is 8.87. The number of amides is 1. The highest BCUT2D eigenvalue weighted by atomic mass is 35.5. The van der Waals surface area contributed by atoms with Crippen molar-refractivity contribution in [2.75, 3.05) is 20.1 Å². The van der Waals surface area contributed by atoms with Crippen LogP contribution in [0.3, 0.4) is 0 Å². The Morgan fingerprint density at radius 3 is 2.67 bits per heavy atom. The number of aromatic amines is 1. The maximum absolute atomic E-state index is 12.2. The number of H-pyrrole nitrogens is 1. The van der Waals surface area contributed by atoms with Crippen molar-refractivity contribution in [3.63, 3.8) is 0 Å². The van der Waals surface area contributed by atoms with E-state index in [4.69, 9.17) is 11.6 Å². The summed E-state index contributed by atoms with van der Waals surface area (Å²) in [6.45, 7) is 8.79. The van der Waals surface area contributed by atoms with E-state index in [0.29, 0.717) is 12.3 Å². The number of hydrogen-bond acceptors (Lipinski definition) is 2. The number of nitrogens with one attached hydrogen (secondary N) is 1. The van der Waals surface area contributed by atoms with E-state index < -0.39 is 0 Å². The second-order valence-corrected chi connectivity index (χ2v) is 8.28. The van der Waals surface area contributed by atoms with Crippen LogP contribution in [0.2, 0.25) is 5.02 Å². The summed E-state index contributed by atoms with van der Waals surface area (Å²) in [5.74, 6) is 0.648. The lowest BCUT2D eigenvalue weighted by atomic mass is 10.1. The number of para-hydroxylation sites is 1. The minimum absolute atomic E-state index is 0.0924. The number of fused-ring (bicyclic) bond motifs is 1. The molecule has 1 amide bonds. The lowest BCUT2D eigenvalue weighted by Gasteiger charge is -2.32. The average Bonchev–Trinajstić information content (AvgIpc) is 3.00. The highest BCUT2D eigenvalue weighted by Crippen LogP contribution is 2.29. The summed E-state index contributed by atoms with van der Waals surface area (Å²) in [5, 5.41) is 1.87. The Labute approximate surface area is 148 Å². The second-order valence-electron chi connectivity index (χ2n) is 7.91. The fourth-order valence-corrected chi connectivity index (χ4v) is 3.87. The zero-order chi connectivity index (χ0) is 17.5. The van der Waals surface area contributed by atoms with Gasteiger partial charge in [-0.1, -0.05) is 29.8 Å². The van der Waals surface area contributed by atoms with E-state index in [2.05, 4.69) is 37.7 Å². The van der Waals surface area contributed by atoms with Crippen LogP contribution in [0.25, 0.3) is 10.9 Å². The van der Waals surface area contributed by atoms with Crippen LogP contribution in [0.15, 0.2) is 24.3 Å². The van der Waals surface area contributed by atoms with Gasteiger partial charge in [0.1, 0.15) is 0 Å². The number of halogens is 1. The second kappa shape index (κ2) is 6.41. The van der Waals surface area contributed by atoms with E-state index in [1.165, 1.54) is 0 Å². The fraction of sp³-hybridized carbons (Fsp3) is 0.526. The number of rotatable bonds is 4. The average molecular weight is 348 g/mol. The molecule has 1 saturated heterocycles. The molecule has 0 radical (unpaired) electrons. The zero-order valence-electron chi connectivity index (χ0n) is 14.9. The Hall–Kier alpha value is -1.52. The van der Waals surface area contributed by atoms with Crippen LogP contribution in [-0.2, 0) is 11.3 Å². The molecule has 2 aromatic rings. The van der Waals surface area contributed by atoms with Crippen molar-refractivity contribution in [1.29, 1.82) is 0 Å². The van der Waals surface area contributed by atoms with Gasteiger partial charge in [0.15, 0.2) is 0 Å². The number of carbonyl (C=O) groups is 1. The molecular formula is C19H26ClN3O. The molecule has 4 nitrogen and oxygen atoms in total. The maximum Gasteiger partial charge on any atom is 0.223 e. The molecule has 1 aliphatic rings. The third-order valence-electron chi connectivity index (χ3n) is 4.73. The van der Waals surface area contributed by atoms with Crippen molar-refractivity contribution in [3.05, 3.63) is 35.0 Å². The van der Waals surface area contributed by atoms with E-state index in [1.54, 1.807) is 0 Å². The molecule has 1 unspecified atom stereocenters. The number of carbonyl (C=O) groups excluding carboxylic acids is 1. The summed E-state index contributed by atoms with van der Waals surface area (Å²) in [7, 11) is 2.09. The highest BCUT2D eigenvalue weighted by Gasteiger charge is 2.36. The molecule has 1 aromatic carbocycles. The van der Waals surface area contributed by atoms with Gasteiger partial charge < -0.3 is 14.8 Å². The largest absolute Gasteiger partial charge is 0.356 e. The molecule has 1 aliphatic heterocycles. The van der Waals surface area contributed by atoms with Crippen LogP contribution in [0.5, 0.6) is 0 Å². The smallest absolute Gasteiger partial charge is 0.223 e. The van der Waals surface area contributed by atoms with Gasteiger partial charge in [0.05, 0.1) is 5.02 Å². The maximum atomic E-state index is 12.2. The predicted molar refractivity (Wildman–Crippen MR) is 99.2 cm³/mol. The molecule has 0 spiro atoms. The first-order chi connectivity index (χ1) is 11.3. The van der Waals surface area contributed by atoms with Gasteiger partial charge in [-0.05, 0) is 39.8 Å². The summed E-state index contributed by atoms with van der Waals surface area (Å²) in [4.78, 5) is 19.9. The first-order valence-electron chi connectivity index (χ1n) is 8.50. The third kappa shape index (κ3) is 3.45. The van der Waals surface area contributed by atoms with Crippen LogP contribution in [0.1, 0.15) is 32.9 Å². The number of benzene rings is 1. The monoisotopic (exact) mass is 347 g/mol. The lowest BCUT2D eigenvalue weighted by molar-refractivity contribution is -0.131. The van der Waals surface area contributed by atoms with Crippen LogP contribution in [0.4, 0.5) is 0 Å². The summed E-state index contributed by atoms with van der Waals surface area (Å²) < 4.78 is 0. The third-order valence-corrected chi connectivity index (χ3v) is 5.16. The summed E-state index contributed by atoms with van der Waals surface area (Å²) in [6, 6.07) is 8.09.